The maximum Gasteiger partial charge on any atom is 0.393 e. The average molecular weight is 554 g/mol. The molecule has 1 saturated heterocycles. The number of carbonyl (C=O) groups excluding carboxylic acids is 3. The van der Waals surface area contributed by atoms with E-state index in [1.807, 2.05) is 6.07 Å². The number of halogens is 3. The first kappa shape index (κ1) is 29.3. The van der Waals surface area contributed by atoms with Gasteiger partial charge in [-0.3, -0.25) is 19.3 Å². The first-order valence-corrected chi connectivity index (χ1v) is 13.8. The Kier molecular flexibility index (Phi) is 8.91. The fourth-order valence-corrected chi connectivity index (χ4v) is 6.99. The van der Waals surface area contributed by atoms with E-state index in [9.17, 15) is 32.8 Å². The van der Waals surface area contributed by atoms with Crippen molar-refractivity contribution in [3.05, 3.63) is 11.6 Å². The van der Waals surface area contributed by atoms with E-state index in [-0.39, 0.29) is 55.9 Å². The lowest BCUT2D eigenvalue weighted by Crippen LogP contribution is -2.58. The normalized spacial score (nSPS) is 35.4. The molecule has 4 aliphatic rings. The van der Waals surface area contributed by atoms with Gasteiger partial charge in [0.15, 0.2) is 0 Å². The standard InChI is InChI=1S/C27H38F3N5O4/c1-14(2)32-26(38)18-9-15(12-31)10-19(27(28,29)30)24(18)35-8-7-16(13-35)33-25(37)17-11-22(36)34-20-5-4-6-21(39-3)23(17)20/h11,14-16,18-21,23-24H,4-10,13H2,1-3H3,(H,32,38)(H,33,37)(H,34,36)/t15?,16-,18?,19?,20?,21?,23?,24?/m1/s1. The molecule has 0 bridgehead atoms. The predicted molar refractivity (Wildman–Crippen MR) is 135 cm³/mol. The summed E-state index contributed by atoms with van der Waals surface area (Å²) in [6.07, 6.45) is -1.01. The van der Waals surface area contributed by atoms with Crippen molar-refractivity contribution in [2.45, 2.75) is 88.8 Å². The highest BCUT2D eigenvalue weighted by Crippen LogP contribution is 2.46. The van der Waals surface area contributed by atoms with Crippen molar-refractivity contribution < 1.29 is 32.3 Å². The summed E-state index contributed by atoms with van der Waals surface area (Å²) in [5.41, 5.74) is 0.339. The monoisotopic (exact) mass is 553 g/mol. The summed E-state index contributed by atoms with van der Waals surface area (Å²) < 4.78 is 48.4. The Morgan fingerprint density at radius 2 is 1.97 bits per heavy atom. The molecular formula is C27H38F3N5O4. The summed E-state index contributed by atoms with van der Waals surface area (Å²) in [7, 11) is 1.58. The molecule has 3 amide bonds. The number of rotatable bonds is 6. The highest BCUT2D eigenvalue weighted by atomic mass is 19.4. The van der Waals surface area contributed by atoms with E-state index in [0.29, 0.717) is 12.0 Å². The van der Waals surface area contributed by atoms with Gasteiger partial charge in [0.1, 0.15) is 0 Å². The topological polar surface area (TPSA) is 124 Å². The minimum atomic E-state index is -4.58. The zero-order valence-electron chi connectivity index (χ0n) is 22.6. The van der Waals surface area contributed by atoms with E-state index >= 15 is 0 Å². The van der Waals surface area contributed by atoms with Gasteiger partial charge >= 0.3 is 6.18 Å². The number of amides is 3. The van der Waals surface area contributed by atoms with E-state index in [1.54, 1.807) is 25.9 Å². The van der Waals surface area contributed by atoms with E-state index in [2.05, 4.69) is 16.0 Å². The molecule has 3 fully saturated rings. The van der Waals surface area contributed by atoms with Crippen LogP contribution in [-0.4, -0.2) is 79.3 Å². The summed E-state index contributed by atoms with van der Waals surface area (Å²) >= 11 is 0. The second-order valence-corrected chi connectivity index (χ2v) is 11.6. The number of alkyl halides is 3. The van der Waals surface area contributed by atoms with Crippen LogP contribution in [0.1, 0.15) is 52.4 Å². The number of likely N-dealkylation sites (tertiary alicyclic amines) is 1. The number of nitrogens with one attached hydrogen (secondary N) is 3. The molecule has 7 unspecified atom stereocenters. The van der Waals surface area contributed by atoms with Crippen molar-refractivity contribution >= 4 is 17.7 Å². The van der Waals surface area contributed by atoms with Crippen LogP contribution in [0.25, 0.3) is 0 Å². The van der Waals surface area contributed by atoms with E-state index in [1.165, 1.54) is 6.08 Å². The Bertz CT molecular complexity index is 1030. The van der Waals surface area contributed by atoms with Gasteiger partial charge in [-0.05, 0) is 52.4 Å². The average Bonchev–Trinajstić information content (AvgIpc) is 3.33. The molecule has 0 spiro atoms. The second-order valence-electron chi connectivity index (χ2n) is 11.6. The highest BCUT2D eigenvalue weighted by Gasteiger charge is 2.55. The zero-order valence-corrected chi connectivity index (χ0v) is 22.6. The number of nitriles is 1. The van der Waals surface area contributed by atoms with Gasteiger partial charge in [-0.1, -0.05) is 0 Å². The summed E-state index contributed by atoms with van der Waals surface area (Å²) in [6, 6.07) is -0.0717. The Labute approximate surface area is 226 Å². The number of hydrogen-bond donors (Lipinski definition) is 3. The van der Waals surface area contributed by atoms with Crippen LogP contribution in [0.5, 0.6) is 0 Å². The van der Waals surface area contributed by atoms with E-state index in [0.717, 1.165) is 19.3 Å². The molecule has 2 aliphatic carbocycles. The lowest BCUT2D eigenvalue weighted by molar-refractivity contribution is -0.208. The Morgan fingerprint density at radius 3 is 2.62 bits per heavy atom. The van der Waals surface area contributed by atoms with Gasteiger partial charge in [-0.15, -0.1) is 0 Å². The molecule has 39 heavy (non-hydrogen) atoms. The van der Waals surface area contributed by atoms with Gasteiger partial charge in [0.2, 0.25) is 17.7 Å². The molecule has 0 aromatic heterocycles. The first-order chi connectivity index (χ1) is 18.4. The van der Waals surface area contributed by atoms with Gasteiger partial charge in [-0.2, -0.15) is 18.4 Å². The van der Waals surface area contributed by atoms with Crippen LogP contribution >= 0.6 is 0 Å². The molecule has 2 saturated carbocycles. The Morgan fingerprint density at radius 1 is 1.23 bits per heavy atom. The SMILES string of the molecule is COC1CCCC2NC(=O)C=C(C(=O)N[C@@H]3CCN(C4C(C(=O)NC(C)C)CC(C#N)CC4C(F)(F)F)C3)C21. The van der Waals surface area contributed by atoms with Gasteiger partial charge in [-0.25, -0.2) is 0 Å². The van der Waals surface area contributed by atoms with Gasteiger partial charge in [0.25, 0.3) is 0 Å². The minimum Gasteiger partial charge on any atom is -0.381 e. The number of nitrogens with zero attached hydrogens (tertiary/aromatic N) is 2. The van der Waals surface area contributed by atoms with Crippen molar-refractivity contribution in [3.8, 4) is 6.07 Å². The number of hydrogen-bond acceptors (Lipinski definition) is 6. The van der Waals surface area contributed by atoms with Crippen LogP contribution in [0.4, 0.5) is 13.2 Å². The van der Waals surface area contributed by atoms with Crippen LogP contribution in [0.3, 0.4) is 0 Å². The molecule has 3 N–H and O–H groups in total. The number of ether oxygens (including phenoxy) is 1. The quantitative estimate of drug-likeness (QED) is 0.463. The molecule has 8 atom stereocenters. The largest absolute Gasteiger partial charge is 0.393 e. The smallest absolute Gasteiger partial charge is 0.381 e. The fourth-order valence-electron chi connectivity index (χ4n) is 6.99. The summed E-state index contributed by atoms with van der Waals surface area (Å²) in [4.78, 5) is 40.4. The molecule has 2 aliphatic heterocycles. The van der Waals surface area contributed by atoms with Gasteiger partial charge in [0.05, 0.1) is 24.0 Å². The van der Waals surface area contributed by atoms with Crippen molar-refractivity contribution in [2.24, 2.45) is 23.7 Å². The van der Waals surface area contributed by atoms with E-state index < -0.39 is 47.8 Å². The minimum absolute atomic E-state index is 0.0588. The number of carbonyl (C=O) groups is 3. The van der Waals surface area contributed by atoms with Crippen LogP contribution < -0.4 is 16.0 Å². The molecule has 216 valence electrons. The summed E-state index contributed by atoms with van der Waals surface area (Å²) in [5.74, 6) is -5.22. The highest BCUT2D eigenvalue weighted by molar-refractivity contribution is 6.03. The Hall–Kier alpha value is -2.65. The maximum atomic E-state index is 14.3. The van der Waals surface area contributed by atoms with Crippen molar-refractivity contribution in [3.63, 3.8) is 0 Å². The lowest BCUT2D eigenvalue weighted by Gasteiger charge is -2.45. The van der Waals surface area contributed by atoms with Gasteiger partial charge in [0, 0.05) is 67.9 Å². The maximum absolute atomic E-state index is 14.3. The molecule has 0 aromatic rings. The third kappa shape index (κ3) is 6.40. The summed E-state index contributed by atoms with van der Waals surface area (Å²) in [6.45, 7) is 3.90. The molecule has 0 aromatic carbocycles. The summed E-state index contributed by atoms with van der Waals surface area (Å²) in [5, 5.41) is 18.1. The van der Waals surface area contributed by atoms with Crippen LogP contribution in [-0.2, 0) is 19.1 Å². The second kappa shape index (κ2) is 11.8. The third-order valence-electron chi connectivity index (χ3n) is 8.62. The zero-order chi connectivity index (χ0) is 28.5. The van der Waals surface area contributed by atoms with Crippen LogP contribution in [0.15, 0.2) is 11.6 Å². The molecule has 4 rings (SSSR count). The van der Waals surface area contributed by atoms with Crippen LogP contribution in [0, 0.1) is 35.0 Å². The molecule has 0 radical (unpaired) electrons. The number of fused-ring (bicyclic) bond motifs is 1. The lowest BCUT2D eigenvalue weighted by atomic mass is 9.70. The molecule has 2 heterocycles. The first-order valence-electron chi connectivity index (χ1n) is 13.8. The molecule has 9 nitrogen and oxygen atoms in total. The molecule has 12 heteroatoms. The number of methoxy groups -OCH3 is 1. The van der Waals surface area contributed by atoms with Crippen molar-refractivity contribution in [2.75, 3.05) is 20.2 Å². The van der Waals surface area contributed by atoms with Gasteiger partial charge < -0.3 is 20.7 Å². The molecular weight excluding hydrogens is 515 g/mol. The van der Waals surface area contributed by atoms with E-state index in [4.69, 9.17) is 4.74 Å². The van der Waals surface area contributed by atoms with Crippen molar-refractivity contribution in [1.82, 2.24) is 20.9 Å². The van der Waals surface area contributed by atoms with Crippen molar-refractivity contribution in [1.29, 1.82) is 5.26 Å². The third-order valence-corrected chi connectivity index (χ3v) is 8.62. The van der Waals surface area contributed by atoms with Crippen LogP contribution in [0.2, 0.25) is 0 Å². The fraction of sp³-hybridized carbons (Fsp3) is 0.778. The Balaban J connectivity index is 1.52. The predicted octanol–water partition coefficient (Wildman–Crippen LogP) is 2.04.